The van der Waals surface area contributed by atoms with Gasteiger partial charge in [-0.1, -0.05) is 12.1 Å². The van der Waals surface area contributed by atoms with Crippen molar-refractivity contribution >= 4 is 5.97 Å². The van der Waals surface area contributed by atoms with Crippen molar-refractivity contribution in [3.05, 3.63) is 29.9 Å². The number of aromatic carboxylic acids is 1. The van der Waals surface area contributed by atoms with Gasteiger partial charge >= 0.3 is 5.97 Å². The molecule has 1 N–H and O–H groups in total. The van der Waals surface area contributed by atoms with Crippen LogP contribution in [0.3, 0.4) is 0 Å². The van der Waals surface area contributed by atoms with Crippen LogP contribution in [0.5, 0.6) is 5.75 Å². The fraction of sp³-hybridized carbons (Fsp3) is 0.364. The zero-order valence-electron chi connectivity index (χ0n) is 9.87. The molecule has 0 bridgehead atoms. The zero-order chi connectivity index (χ0) is 13.0. The number of carboxylic acid groups (broad SMARTS) is 1. The van der Waals surface area contributed by atoms with Crippen LogP contribution < -0.4 is 4.74 Å². The molecule has 0 saturated heterocycles. The van der Waals surface area contributed by atoms with Crippen LogP contribution in [-0.2, 0) is 13.2 Å². The lowest BCUT2D eigenvalue weighted by Gasteiger charge is -1.98. The molecule has 2 aromatic heterocycles. The van der Waals surface area contributed by atoms with Crippen LogP contribution in [0.1, 0.15) is 29.6 Å². The smallest absolute Gasteiger partial charge is 0.358 e. The van der Waals surface area contributed by atoms with Crippen molar-refractivity contribution in [3.8, 4) is 5.75 Å². The van der Waals surface area contributed by atoms with Crippen molar-refractivity contribution < 1.29 is 19.2 Å². The average Bonchev–Trinajstić information content (AvgIpc) is 2.95. The summed E-state index contributed by atoms with van der Waals surface area (Å²) in [5, 5.41) is 16.2. The van der Waals surface area contributed by atoms with Gasteiger partial charge < -0.3 is 14.4 Å². The summed E-state index contributed by atoms with van der Waals surface area (Å²) in [4.78, 5) is 10.6. The Kier molecular flexibility index (Phi) is 3.61. The van der Waals surface area contributed by atoms with Crippen molar-refractivity contribution in [1.82, 2.24) is 14.9 Å². The van der Waals surface area contributed by atoms with E-state index >= 15 is 0 Å². The lowest BCUT2D eigenvalue weighted by atomic mass is 10.4. The number of aryl methyl sites for hydroxylation is 1. The number of rotatable bonds is 6. The SMILES string of the molecule is CCCn1cc(OCc2cc(C(=O)O)no2)cn1. The van der Waals surface area contributed by atoms with E-state index in [1.807, 2.05) is 0 Å². The molecule has 18 heavy (non-hydrogen) atoms. The van der Waals surface area contributed by atoms with Gasteiger partial charge in [0.05, 0.1) is 12.4 Å². The maximum absolute atomic E-state index is 10.6. The summed E-state index contributed by atoms with van der Waals surface area (Å²) < 4.78 is 12.0. The second-order valence-electron chi connectivity index (χ2n) is 3.71. The molecule has 0 saturated carbocycles. The summed E-state index contributed by atoms with van der Waals surface area (Å²) in [6, 6.07) is 1.33. The molecule has 0 spiro atoms. The van der Waals surface area contributed by atoms with Gasteiger partial charge in [0.25, 0.3) is 0 Å². The van der Waals surface area contributed by atoms with Gasteiger partial charge in [0, 0.05) is 12.6 Å². The number of carbonyl (C=O) groups is 1. The second kappa shape index (κ2) is 5.35. The molecule has 2 heterocycles. The normalized spacial score (nSPS) is 10.5. The molecule has 7 heteroatoms. The van der Waals surface area contributed by atoms with E-state index in [0.717, 1.165) is 13.0 Å². The van der Waals surface area contributed by atoms with Crippen LogP contribution >= 0.6 is 0 Å². The number of ether oxygens (including phenoxy) is 1. The molecule has 2 aromatic rings. The molecule has 0 atom stereocenters. The fourth-order valence-corrected chi connectivity index (χ4v) is 1.41. The lowest BCUT2D eigenvalue weighted by Crippen LogP contribution is -1.96. The van der Waals surface area contributed by atoms with Crippen molar-refractivity contribution in [2.24, 2.45) is 0 Å². The average molecular weight is 251 g/mol. The van der Waals surface area contributed by atoms with Gasteiger partial charge in [0.15, 0.2) is 17.2 Å². The topological polar surface area (TPSA) is 90.4 Å². The van der Waals surface area contributed by atoms with Gasteiger partial charge in [-0.2, -0.15) is 5.10 Å². The third-order valence-corrected chi connectivity index (χ3v) is 2.22. The molecule has 0 fully saturated rings. The van der Waals surface area contributed by atoms with Gasteiger partial charge in [-0.15, -0.1) is 0 Å². The van der Waals surface area contributed by atoms with Gasteiger partial charge in [0.2, 0.25) is 0 Å². The van der Waals surface area contributed by atoms with Gasteiger partial charge in [-0.25, -0.2) is 4.79 Å². The Balaban J connectivity index is 1.91. The van der Waals surface area contributed by atoms with Gasteiger partial charge in [0.1, 0.15) is 6.61 Å². The molecule has 96 valence electrons. The molecule has 0 aliphatic rings. The van der Waals surface area contributed by atoms with E-state index < -0.39 is 5.97 Å². The molecule has 0 aromatic carbocycles. The molecule has 0 aliphatic heterocycles. The van der Waals surface area contributed by atoms with E-state index in [1.54, 1.807) is 17.1 Å². The molecule has 0 radical (unpaired) electrons. The van der Waals surface area contributed by atoms with E-state index in [1.165, 1.54) is 6.07 Å². The minimum atomic E-state index is -1.12. The summed E-state index contributed by atoms with van der Waals surface area (Å²) in [7, 11) is 0. The quantitative estimate of drug-likeness (QED) is 0.837. The highest BCUT2D eigenvalue weighted by molar-refractivity contribution is 5.85. The van der Waals surface area contributed by atoms with Crippen LogP contribution in [-0.4, -0.2) is 26.0 Å². The minimum Gasteiger partial charge on any atom is -0.482 e. The third-order valence-electron chi connectivity index (χ3n) is 2.22. The van der Waals surface area contributed by atoms with Crippen molar-refractivity contribution in [3.63, 3.8) is 0 Å². The number of nitrogens with zero attached hydrogens (tertiary/aromatic N) is 3. The predicted octanol–water partition coefficient (Wildman–Crippen LogP) is 1.56. The standard InChI is InChI=1S/C11H13N3O4/c1-2-3-14-6-9(5-12-14)17-7-8-4-10(11(15)16)13-18-8/h4-6H,2-3,7H2,1H3,(H,15,16). The zero-order valence-corrected chi connectivity index (χ0v) is 9.87. The van der Waals surface area contributed by atoms with Crippen LogP contribution in [0.4, 0.5) is 0 Å². The van der Waals surface area contributed by atoms with Crippen molar-refractivity contribution in [2.45, 2.75) is 26.5 Å². The number of hydrogen-bond acceptors (Lipinski definition) is 5. The van der Waals surface area contributed by atoms with Gasteiger partial charge in [-0.3, -0.25) is 4.68 Å². The van der Waals surface area contributed by atoms with E-state index in [9.17, 15) is 4.79 Å². The first-order valence-corrected chi connectivity index (χ1v) is 5.53. The second-order valence-corrected chi connectivity index (χ2v) is 3.71. The van der Waals surface area contributed by atoms with Crippen molar-refractivity contribution in [2.75, 3.05) is 0 Å². The highest BCUT2D eigenvalue weighted by Gasteiger charge is 2.11. The molecule has 7 nitrogen and oxygen atoms in total. The highest BCUT2D eigenvalue weighted by atomic mass is 16.5. The fourth-order valence-electron chi connectivity index (χ4n) is 1.41. The summed E-state index contributed by atoms with van der Waals surface area (Å²) in [6.07, 6.45) is 4.37. The number of aromatic nitrogens is 3. The van der Waals surface area contributed by atoms with E-state index in [-0.39, 0.29) is 12.3 Å². The molecule has 0 aliphatic carbocycles. The summed E-state index contributed by atoms with van der Waals surface area (Å²) in [5.41, 5.74) is -0.129. The Bertz CT molecular complexity index is 532. The Morgan fingerprint density at radius 1 is 1.61 bits per heavy atom. The first-order chi connectivity index (χ1) is 8.69. The maximum Gasteiger partial charge on any atom is 0.358 e. The van der Waals surface area contributed by atoms with Gasteiger partial charge in [-0.05, 0) is 6.42 Å². The molecule has 2 rings (SSSR count). The van der Waals surface area contributed by atoms with Crippen LogP contribution in [0.25, 0.3) is 0 Å². The van der Waals surface area contributed by atoms with Crippen LogP contribution in [0, 0.1) is 0 Å². The number of carboxylic acids is 1. The molecule has 0 unspecified atom stereocenters. The monoisotopic (exact) mass is 251 g/mol. The van der Waals surface area contributed by atoms with E-state index in [0.29, 0.717) is 11.5 Å². The maximum atomic E-state index is 10.6. The minimum absolute atomic E-state index is 0.123. The first kappa shape index (κ1) is 12.2. The summed E-state index contributed by atoms with van der Waals surface area (Å²) in [5.74, 6) is -0.159. The summed E-state index contributed by atoms with van der Waals surface area (Å²) in [6.45, 7) is 3.01. The molecular weight excluding hydrogens is 238 g/mol. The van der Waals surface area contributed by atoms with Crippen LogP contribution in [0.2, 0.25) is 0 Å². The Morgan fingerprint density at radius 3 is 3.11 bits per heavy atom. The predicted molar refractivity (Wildman–Crippen MR) is 60.3 cm³/mol. The first-order valence-electron chi connectivity index (χ1n) is 5.53. The lowest BCUT2D eigenvalue weighted by molar-refractivity contribution is 0.0685. The Labute approximate surface area is 103 Å². The molecular formula is C11H13N3O4. The summed E-state index contributed by atoms with van der Waals surface area (Å²) >= 11 is 0. The number of hydrogen-bond donors (Lipinski definition) is 1. The third kappa shape index (κ3) is 2.88. The molecule has 0 amide bonds. The highest BCUT2D eigenvalue weighted by Crippen LogP contribution is 2.12. The largest absolute Gasteiger partial charge is 0.482 e. The van der Waals surface area contributed by atoms with E-state index in [2.05, 4.69) is 17.2 Å². The Hall–Kier alpha value is -2.31. The van der Waals surface area contributed by atoms with Crippen LogP contribution in [0.15, 0.2) is 23.0 Å². The Morgan fingerprint density at radius 2 is 2.44 bits per heavy atom. The van der Waals surface area contributed by atoms with E-state index in [4.69, 9.17) is 14.4 Å². The van der Waals surface area contributed by atoms with Crippen molar-refractivity contribution in [1.29, 1.82) is 0 Å².